The SMILES string of the molecule is Cn1nc(NC(=O)NCCS(C)(=O)=O)cc1C(=O)Nc1cc(F)c(F)c(F)c1. The van der Waals surface area contributed by atoms with Gasteiger partial charge < -0.3 is 10.6 Å². The van der Waals surface area contributed by atoms with E-state index >= 15 is 0 Å². The molecule has 9 nitrogen and oxygen atoms in total. The zero-order chi connectivity index (χ0) is 21.1. The molecule has 0 saturated heterocycles. The molecular weight excluding hydrogens is 403 g/mol. The fourth-order valence-electron chi connectivity index (χ4n) is 2.07. The van der Waals surface area contributed by atoms with Gasteiger partial charge in [0, 0.05) is 43.7 Å². The van der Waals surface area contributed by atoms with Crippen molar-refractivity contribution in [3.05, 3.63) is 41.3 Å². The molecule has 0 unspecified atom stereocenters. The summed E-state index contributed by atoms with van der Waals surface area (Å²) in [5, 5.41) is 10.7. The van der Waals surface area contributed by atoms with Crippen LogP contribution in [0.5, 0.6) is 0 Å². The number of aromatic nitrogens is 2. The lowest BCUT2D eigenvalue weighted by molar-refractivity contribution is 0.101. The van der Waals surface area contributed by atoms with E-state index in [1.54, 1.807) is 0 Å². The second kappa shape index (κ2) is 8.29. The number of hydrogen-bond donors (Lipinski definition) is 3. The number of amides is 3. The molecule has 0 atom stereocenters. The molecule has 0 bridgehead atoms. The van der Waals surface area contributed by atoms with Crippen LogP contribution >= 0.6 is 0 Å². The van der Waals surface area contributed by atoms with Gasteiger partial charge in [-0.25, -0.2) is 26.4 Å². The molecule has 0 saturated carbocycles. The summed E-state index contributed by atoms with van der Waals surface area (Å²) in [4.78, 5) is 23.9. The van der Waals surface area contributed by atoms with Gasteiger partial charge in [-0.3, -0.25) is 14.8 Å². The van der Waals surface area contributed by atoms with Gasteiger partial charge in [-0.05, 0) is 0 Å². The summed E-state index contributed by atoms with van der Waals surface area (Å²) in [7, 11) is -1.85. The molecule has 13 heteroatoms. The highest BCUT2D eigenvalue weighted by Gasteiger charge is 2.17. The van der Waals surface area contributed by atoms with E-state index in [1.165, 1.54) is 13.1 Å². The highest BCUT2D eigenvalue weighted by atomic mass is 32.2. The van der Waals surface area contributed by atoms with E-state index in [1.807, 2.05) is 0 Å². The van der Waals surface area contributed by atoms with E-state index in [4.69, 9.17) is 0 Å². The van der Waals surface area contributed by atoms with Crippen LogP contribution in [-0.2, 0) is 16.9 Å². The van der Waals surface area contributed by atoms with Crippen molar-refractivity contribution in [3.63, 3.8) is 0 Å². The molecule has 1 heterocycles. The molecule has 0 radical (unpaired) electrons. The summed E-state index contributed by atoms with van der Waals surface area (Å²) >= 11 is 0. The first-order valence-corrected chi connectivity index (χ1v) is 9.75. The number of aryl methyl sites for hydroxylation is 1. The Labute approximate surface area is 157 Å². The molecule has 28 heavy (non-hydrogen) atoms. The standard InChI is InChI=1S/C15H16F3N5O4S/c1-23-11(14(24)20-8-5-9(16)13(18)10(17)6-8)7-12(22-23)21-15(25)19-3-4-28(2,26)27/h5-7H,3-4H2,1-2H3,(H,20,24)(H2,19,21,22,25). The molecule has 0 fully saturated rings. The largest absolute Gasteiger partial charge is 0.337 e. The second-order valence-corrected chi connectivity index (χ2v) is 8.02. The lowest BCUT2D eigenvalue weighted by atomic mass is 10.2. The van der Waals surface area contributed by atoms with E-state index in [0.717, 1.165) is 10.9 Å². The van der Waals surface area contributed by atoms with Crippen molar-refractivity contribution >= 4 is 33.3 Å². The first-order valence-electron chi connectivity index (χ1n) is 7.69. The maximum Gasteiger partial charge on any atom is 0.320 e. The first kappa shape index (κ1) is 21.2. The third kappa shape index (κ3) is 5.70. The smallest absolute Gasteiger partial charge is 0.320 e. The molecule has 1 aromatic heterocycles. The van der Waals surface area contributed by atoms with Crippen LogP contribution in [0.1, 0.15) is 10.5 Å². The van der Waals surface area contributed by atoms with Crippen LogP contribution in [0.3, 0.4) is 0 Å². The van der Waals surface area contributed by atoms with Crippen LogP contribution in [0.15, 0.2) is 18.2 Å². The predicted molar refractivity (Wildman–Crippen MR) is 94.2 cm³/mol. The zero-order valence-electron chi connectivity index (χ0n) is 14.7. The average molecular weight is 419 g/mol. The van der Waals surface area contributed by atoms with Crippen LogP contribution in [0.25, 0.3) is 0 Å². The Morgan fingerprint density at radius 1 is 1.11 bits per heavy atom. The Bertz CT molecular complexity index is 1000. The van der Waals surface area contributed by atoms with Crippen molar-refractivity contribution in [1.82, 2.24) is 15.1 Å². The molecule has 3 N–H and O–H groups in total. The highest BCUT2D eigenvalue weighted by molar-refractivity contribution is 7.90. The number of anilines is 2. The fourth-order valence-corrected chi connectivity index (χ4v) is 2.55. The van der Waals surface area contributed by atoms with Crippen LogP contribution in [0, 0.1) is 17.5 Å². The van der Waals surface area contributed by atoms with Gasteiger partial charge in [-0.2, -0.15) is 5.10 Å². The summed E-state index contributed by atoms with van der Waals surface area (Å²) in [5.74, 6) is -5.68. The van der Waals surface area contributed by atoms with E-state index in [9.17, 15) is 31.2 Å². The van der Waals surface area contributed by atoms with Crippen molar-refractivity contribution in [2.24, 2.45) is 7.05 Å². The number of carbonyl (C=O) groups is 2. The van der Waals surface area contributed by atoms with Crippen LogP contribution in [0.2, 0.25) is 0 Å². The van der Waals surface area contributed by atoms with Crippen molar-refractivity contribution in [1.29, 1.82) is 0 Å². The molecule has 3 amide bonds. The third-order valence-electron chi connectivity index (χ3n) is 3.35. The molecular formula is C15H16F3N5O4S. The Morgan fingerprint density at radius 3 is 2.29 bits per heavy atom. The normalized spacial score (nSPS) is 11.2. The number of urea groups is 1. The van der Waals surface area contributed by atoms with E-state index < -0.39 is 39.2 Å². The predicted octanol–water partition coefficient (Wildman–Crippen LogP) is 1.26. The Balaban J connectivity index is 2.03. The topological polar surface area (TPSA) is 122 Å². The number of carbonyl (C=O) groups excluding carboxylic acids is 2. The van der Waals surface area contributed by atoms with Gasteiger partial charge >= 0.3 is 6.03 Å². The average Bonchev–Trinajstić information content (AvgIpc) is 2.91. The molecule has 0 aliphatic heterocycles. The van der Waals surface area contributed by atoms with Gasteiger partial charge in [0.2, 0.25) is 0 Å². The number of hydrogen-bond acceptors (Lipinski definition) is 5. The third-order valence-corrected chi connectivity index (χ3v) is 4.30. The lowest BCUT2D eigenvalue weighted by Crippen LogP contribution is -2.32. The Hall–Kier alpha value is -3.09. The number of rotatable bonds is 6. The van der Waals surface area contributed by atoms with Gasteiger partial charge in [-0.15, -0.1) is 0 Å². The Kier molecular flexibility index (Phi) is 6.28. The maximum atomic E-state index is 13.2. The number of halogens is 3. The summed E-state index contributed by atoms with van der Waals surface area (Å²) in [6, 6.07) is 1.67. The molecule has 2 rings (SSSR count). The number of benzene rings is 1. The number of sulfone groups is 1. The maximum absolute atomic E-state index is 13.2. The Morgan fingerprint density at radius 2 is 1.71 bits per heavy atom. The molecule has 2 aromatic rings. The quantitative estimate of drug-likeness (QED) is 0.609. The van der Waals surface area contributed by atoms with Crippen LogP contribution in [0.4, 0.5) is 29.5 Å². The van der Waals surface area contributed by atoms with Gasteiger partial charge in [0.15, 0.2) is 23.3 Å². The highest BCUT2D eigenvalue weighted by Crippen LogP contribution is 2.18. The van der Waals surface area contributed by atoms with E-state index in [0.29, 0.717) is 12.1 Å². The van der Waals surface area contributed by atoms with Crippen molar-refractivity contribution < 1.29 is 31.2 Å². The van der Waals surface area contributed by atoms with Gasteiger partial charge in [0.25, 0.3) is 5.91 Å². The van der Waals surface area contributed by atoms with Crippen LogP contribution in [-0.4, -0.2) is 48.7 Å². The minimum Gasteiger partial charge on any atom is -0.337 e. The van der Waals surface area contributed by atoms with Crippen molar-refractivity contribution in [2.75, 3.05) is 29.2 Å². The first-order chi connectivity index (χ1) is 13.0. The number of nitrogens with one attached hydrogen (secondary N) is 3. The molecule has 0 aliphatic carbocycles. The van der Waals surface area contributed by atoms with Gasteiger partial charge in [-0.1, -0.05) is 0 Å². The van der Waals surface area contributed by atoms with E-state index in [-0.39, 0.29) is 29.5 Å². The summed E-state index contributed by atoms with van der Waals surface area (Å²) in [6.45, 7) is -0.119. The fraction of sp³-hybridized carbons (Fsp3) is 0.267. The molecule has 0 spiro atoms. The zero-order valence-corrected chi connectivity index (χ0v) is 15.5. The molecule has 152 valence electrons. The lowest BCUT2D eigenvalue weighted by Gasteiger charge is -2.06. The second-order valence-electron chi connectivity index (χ2n) is 5.76. The number of nitrogens with zero attached hydrogens (tertiary/aromatic N) is 2. The minimum atomic E-state index is -3.24. The molecule has 1 aromatic carbocycles. The van der Waals surface area contributed by atoms with Crippen molar-refractivity contribution in [2.45, 2.75) is 0 Å². The summed E-state index contributed by atoms with van der Waals surface area (Å²) in [6.07, 6.45) is 1.02. The van der Waals surface area contributed by atoms with Crippen molar-refractivity contribution in [3.8, 4) is 0 Å². The van der Waals surface area contributed by atoms with E-state index in [2.05, 4.69) is 21.0 Å². The van der Waals surface area contributed by atoms with Gasteiger partial charge in [0.1, 0.15) is 15.5 Å². The van der Waals surface area contributed by atoms with Crippen LogP contribution < -0.4 is 16.0 Å². The monoisotopic (exact) mass is 419 g/mol. The summed E-state index contributed by atoms with van der Waals surface area (Å²) < 4.78 is 62.5. The minimum absolute atomic E-state index is 0.0269. The van der Waals surface area contributed by atoms with Gasteiger partial charge in [0.05, 0.1) is 5.75 Å². The molecule has 0 aliphatic rings. The summed E-state index contributed by atoms with van der Waals surface area (Å²) in [5.41, 5.74) is -0.382.